The molecule has 0 bridgehead atoms. The van der Waals surface area contributed by atoms with Crippen LogP contribution in [0.1, 0.15) is 44.3 Å². The summed E-state index contributed by atoms with van der Waals surface area (Å²) in [4.78, 5) is 18.0. The minimum absolute atomic E-state index is 0.00471. The number of carbonyl (C=O) groups excluding carboxylic acids is 1. The molecule has 1 aromatic rings. The number of carbonyl (C=O) groups is 1. The molecule has 2 heterocycles. The first-order valence-electron chi connectivity index (χ1n) is 6.42. The summed E-state index contributed by atoms with van der Waals surface area (Å²) >= 11 is 0. The van der Waals surface area contributed by atoms with Crippen LogP contribution in [-0.4, -0.2) is 40.2 Å². The molecule has 0 aliphatic carbocycles. The van der Waals surface area contributed by atoms with Gasteiger partial charge in [0.15, 0.2) is 5.82 Å². The maximum Gasteiger partial charge on any atom is 0.317 e. The largest absolute Gasteiger partial charge is 0.340 e. The molecule has 100 valence electrons. The first-order valence-corrected chi connectivity index (χ1v) is 6.42. The van der Waals surface area contributed by atoms with E-state index in [0.717, 1.165) is 25.2 Å². The summed E-state index contributed by atoms with van der Waals surface area (Å²) in [5.41, 5.74) is 0. The van der Waals surface area contributed by atoms with Crippen molar-refractivity contribution in [1.82, 2.24) is 20.4 Å². The Kier molecular flexibility index (Phi) is 3.84. The van der Waals surface area contributed by atoms with Crippen molar-refractivity contribution in [3.63, 3.8) is 0 Å². The zero-order valence-electron chi connectivity index (χ0n) is 11.1. The molecule has 1 fully saturated rings. The van der Waals surface area contributed by atoms with Crippen molar-refractivity contribution in [1.29, 1.82) is 0 Å². The normalized spacial score (nSPS) is 20.2. The zero-order valence-corrected chi connectivity index (χ0v) is 11.1. The van der Waals surface area contributed by atoms with Crippen molar-refractivity contribution in [2.24, 2.45) is 0 Å². The van der Waals surface area contributed by atoms with Crippen molar-refractivity contribution in [3.8, 4) is 0 Å². The molecule has 0 aromatic carbocycles. The number of nitrogens with zero attached hydrogens (tertiary/aromatic N) is 3. The van der Waals surface area contributed by atoms with Crippen LogP contribution < -0.4 is 5.32 Å². The van der Waals surface area contributed by atoms with E-state index in [1.54, 1.807) is 6.92 Å². The molecule has 0 radical (unpaired) electrons. The second kappa shape index (κ2) is 5.37. The number of nitrogens with one attached hydrogen (secondary N) is 1. The lowest BCUT2D eigenvalue weighted by molar-refractivity contribution is 0.175. The Labute approximate surface area is 107 Å². The number of amides is 2. The Morgan fingerprint density at radius 3 is 2.94 bits per heavy atom. The highest BCUT2D eigenvalue weighted by molar-refractivity contribution is 5.74. The van der Waals surface area contributed by atoms with E-state index in [9.17, 15) is 4.79 Å². The average molecular weight is 252 g/mol. The number of rotatable bonds is 2. The lowest BCUT2D eigenvalue weighted by Crippen LogP contribution is -2.47. The Morgan fingerprint density at radius 2 is 2.33 bits per heavy atom. The quantitative estimate of drug-likeness (QED) is 0.869. The number of aromatic nitrogens is 2. The number of likely N-dealkylation sites (tertiary alicyclic amines) is 1. The van der Waals surface area contributed by atoms with Gasteiger partial charge in [0, 0.05) is 32.0 Å². The Morgan fingerprint density at radius 1 is 1.56 bits per heavy atom. The summed E-state index contributed by atoms with van der Waals surface area (Å²) in [6.07, 6.45) is 1.98. The monoisotopic (exact) mass is 252 g/mol. The van der Waals surface area contributed by atoms with Crippen LogP contribution in [-0.2, 0) is 0 Å². The minimum atomic E-state index is -0.00471. The Balaban J connectivity index is 1.98. The summed E-state index contributed by atoms with van der Waals surface area (Å²) in [6.45, 7) is 7.16. The highest BCUT2D eigenvalue weighted by Crippen LogP contribution is 2.24. The summed E-state index contributed by atoms with van der Waals surface area (Å²) in [5, 5.41) is 6.86. The third-order valence-corrected chi connectivity index (χ3v) is 3.03. The predicted molar refractivity (Wildman–Crippen MR) is 66.3 cm³/mol. The van der Waals surface area contributed by atoms with E-state index >= 15 is 0 Å². The number of hydrogen-bond donors (Lipinski definition) is 1. The first kappa shape index (κ1) is 12.9. The highest BCUT2D eigenvalue weighted by atomic mass is 16.5. The van der Waals surface area contributed by atoms with Crippen molar-refractivity contribution in [2.45, 2.75) is 45.6 Å². The summed E-state index contributed by atoms with van der Waals surface area (Å²) in [5.74, 6) is 1.48. The number of piperidine rings is 1. The minimum Gasteiger partial charge on any atom is -0.340 e. The van der Waals surface area contributed by atoms with E-state index in [4.69, 9.17) is 4.52 Å². The standard InChI is InChI=1S/C12H20N4O2/c1-8(2)13-12(17)16-6-4-5-10(7-16)11-14-9(3)18-15-11/h8,10H,4-7H2,1-3H3,(H,13,17)/t10-/m1/s1. The lowest BCUT2D eigenvalue weighted by Gasteiger charge is -2.31. The van der Waals surface area contributed by atoms with Gasteiger partial charge in [-0.25, -0.2) is 4.79 Å². The fraction of sp³-hybridized carbons (Fsp3) is 0.750. The van der Waals surface area contributed by atoms with Gasteiger partial charge in [0.1, 0.15) is 0 Å². The SMILES string of the molecule is Cc1nc([C@@H]2CCCN(C(=O)NC(C)C)C2)no1. The zero-order chi connectivity index (χ0) is 13.1. The van der Waals surface area contributed by atoms with Crippen LogP contribution in [0.3, 0.4) is 0 Å². The molecule has 1 saturated heterocycles. The van der Waals surface area contributed by atoms with Crippen LogP contribution in [0, 0.1) is 6.92 Å². The van der Waals surface area contributed by atoms with Gasteiger partial charge in [-0.05, 0) is 26.7 Å². The Bertz CT molecular complexity index is 416. The molecule has 0 unspecified atom stereocenters. The van der Waals surface area contributed by atoms with E-state index in [2.05, 4.69) is 15.5 Å². The van der Waals surface area contributed by atoms with Crippen LogP contribution in [0.25, 0.3) is 0 Å². The van der Waals surface area contributed by atoms with Crippen molar-refractivity contribution < 1.29 is 9.32 Å². The van der Waals surface area contributed by atoms with Crippen LogP contribution in [0.15, 0.2) is 4.52 Å². The van der Waals surface area contributed by atoms with Gasteiger partial charge >= 0.3 is 6.03 Å². The fourth-order valence-electron chi connectivity index (χ4n) is 2.19. The summed E-state index contributed by atoms with van der Waals surface area (Å²) in [7, 11) is 0. The van der Waals surface area contributed by atoms with Crippen LogP contribution >= 0.6 is 0 Å². The van der Waals surface area contributed by atoms with Crippen LogP contribution in [0.2, 0.25) is 0 Å². The topological polar surface area (TPSA) is 71.3 Å². The van der Waals surface area contributed by atoms with Gasteiger partial charge in [-0.15, -0.1) is 0 Å². The molecule has 6 nitrogen and oxygen atoms in total. The smallest absolute Gasteiger partial charge is 0.317 e. The van der Waals surface area contributed by atoms with Crippen LogP contribution in [0.4, 0.5) is 4.79 Å². The number of urea groups is 1. The molecule has 1 atom stereocenters. The first-order chi connectivity index (χ1) is 8.56. The molecule has 1 aliphatic heterocycles. The van der Waals surface area contributed by atoms with Crippen LogP contribution in [0.5, 0.6) is 0 Å². The van der Waals surface area contributed by atoms with Gasteiger partial charge in [-0.3, -0.25) is 0 Å². The lowest BCUT2D eigenvalue weighted by atomic mass is 9.98. The molecule has 18 heavy (non-hydrogen) atoms. The molecule has 1 N–H and O–H groups in total. The Hall–Kier alpha value is -1.59. The second-order valence-corrected chi connectivity index (χ2v) is 5.06. The van der Waals surface area contributed by atoms with E-state index in [1.165, 1.54) is 0 Å². The van der Waals surface area contributed by atoms with Crippen molar-refractivity contribution >= 4 is 6.03 Å². The van der Waals surface area contributed by atoms with Gasteiger partial charge in [0.2, 0.25) is 5.89 Å². The van der Waals surface area contributed by atoms with Gasteiger partial charge in [-0.1, -0.05) is 5.16 Å². The molecule has 0 spiro atoms. The van der Waals surface area contributed by atoms with E-state index in [1.807, 2.05) is 18.7 Å². The second-order valence-electron chi connectivity index (χ2n) is 5.06. The van der Waals surface area contributed by atoms with E-state index < -0.39 is 0 Å². The van der Waals surface area contributed by atoms with Crippen molar-refractivity contribution in [2.75, 3.05) is 13.1 Å². The molecule has 1 aliphatic rings. The number of aryl methyl sites for hydroxylation is 1. The molecule has 0 saturated carbocycles. The maximum atomic E-state index is 11.9. The van der Waals surface area contributed by atoms with Gasteiger partial charge in [0.25, 0.3) is 0 Å². The number of hydrogen-bond acceptors (Lipinski definition) is 4. The molecule has 2 amide bonds. The molecular formula is C12H20N4O2. The highest BCUT2D eigenvalue weighted by Gasteiger charge is 2.27. The van der Waals surface area contributed by atoms with Gasteiger partial charge in [-0.2, -0.15) is 4.98 Å². The third-order valence-electron chi connectivity index (χ3n) is 3.03. The summed E-state index contributed by atoms with van der Waals surface area (Å²) in [6, 6.07) is 0.153. The third kappa shape index (κ3) is 3.00. The van der Waals surface area contributed by atoms with Crippen molar-refractivity contribution in [3.05, 3.63) is 11.7 Å². The molecular weight excluding hydrogens is 232 g/mol. The predicted octanol–water partition coefficient (Wildman–Crippen LogP) is 1.68. The average Bonchev–Trinajstić information content (AvgIpc) is 2.75. The summed E-state index contributed by atoms with van der Waals surface area (Å²) < 4.78 is 5.00. The van der Waals surface area contributed by atoms with E-state index in [-0.39, 0.29) is 18.0 Å². The van der Waals surface area contributed by atoms with E-state index in [0.29, 0.717) is 12.4 Å². The maximum absolute atomic E-state index is 11.9. The molecule has 6 heteroatoms. The molecule has 1 aromatic heterocycles. The van der Waals surface area contributed by atoms with Gasteiger partial charge in [0.05, 0.1) is 0 Å². The van der Waals surface area contributed by atoms with Gasteiger partial charge < -0.3 is 14.7 Å². The molecule has 2 rings (SSSR count). The fourth-order valence-corrected chi connectivity index (χ4v) is 2.19.